The molecule has 0 bridgehead atoms. The van der Waals surface area contributed by atoms with E-state index in [0.717, 1.165) is 11.3 Å². The second-order valence-electron chi connectivity index (χ2n) is 7.77. The van der Waals surface area contributed by atoms with E-state index in [1.165, 1.54) is 18.5 Å². The van der Waals surface area contributed by atoms with Gasteiger partial charge < -0.3 is 29.4 Å². The Morgan fingerprint density at radius 3 is 2.58 bits per heavy atom. The Hall–Kier alpha value is -4.15. The Bertz CT molecular complexity index is 1220. The van der Waals surface area contributed by atoms with Gasteiger partial charge in [0.2, 0.25) is 0 Å². The van der Waals surface area contributed by atoms with Crippen LogP contribution in [0.3, 0.4) is 0 Å². The highest BCUT2D eigenvalue weighted by molar-refractivity contribution is 5.73. The number of benzene rings is 2. The first kappa shape index (κ1) is 25.0. The molecular weight excluding hydrogens is 476 g/mol. The fourth-order valence-electron chi connectivity index (χ4n) is 3.76. The number of alkyl halides is 2. The van der Waals surface area contributed by atoms with Gasteiger partial charge in [-0.2, -0.15) is 8.78 Å². The van der Waals surface area contributed by atoms with Gasteiger partial charge in [-0.05, 0) is 31.0 Å². The second-order valence-corrected chi connectivity index (χ2v) is 7.77. The zero-order valence-corrected chi connectivity index (χ0v) is 19.5. The maximum absolute atomic E-state index is 12.9. The van der Waals surface area contributed by atoms with Crippen molar-refractivity contribution in [3.63, 3.8) is 0 Å². The number of anilines is 1. The van der Waals surface area contributed by atoms with Crippen LogP contribution in [0.4, 0.5) is 14.6 Å². The summed E-state index contributed by atoms with van der Waals surface area (Å²) in [5.74, 6) is 1.23. The van der Waals surface area contributed by atoms with Gasteiger partial charge >= 0.3 is 12.6 Å². The quantitative estimate of drug-likeness (QED) is 0.399. The van der Waals surface area contributed by atoms with Gasteiger partial charge in [0.1, 0.15) is 36.9 Å². The maximum atomic E-state index is 12.9. The van der Waals surface area contributed by atoms with E-state index in [1.807, 2.05) is 19.1 Å². The van der Waals surface area contributed by atoms with E-state index < -0.39 is 19.0 Å². The zero-order valence-electron chi connectivity index (χ0n) is 19.5. The van der Waals surface area contributed by atoms with Crippen LogP contribution in [-0.4, -0.2) is 54.0 Å². The molecule has 1 aromatic heterocycles. The third-order valence-electron chi connectivity index (χ3n) is 5.31. The number of carboxylic acids is 1. The molecule has 0 aliphatic carbocycles. The Balaban J connectivity index is 1.48. The fraction of sp³-hybridized carbons (Fsp3) is 0.320. The van der Waals surface area contributed by atoms with E-state index in [4.69, 9.17) is 19.3 Å². The number of aromatic nitrogens is 2. The molecule has 0 spiro atoms. The van der Waals surface area contributed by atoms with Crippen LogP contribution >= 0.6 is 0 Å². The van der Waals surface area contributed by atoms with Gasteiger partial charge in [-0.15, -0.1) is 0 Å². The number of aliphatic carboxylic acids is 1. The minimum atomic E-state index is -3.09. The molecule has 190 valence electrons. The number of nitrogens with zero attached hydrogens (tertiary/aromatic N) is 2. The van der Waals surface area contributed by atoms with Crippen molar-refractivity contribution in [3.8, 4) is 34.3 Å². The van der Waals surface area contributed by atoms with Crippen LogP contribution in [0.25, 0.3) is 11.3 Å². The van der Waals surface area contributed by atoms with E-state index in [2.05, 4.69) is 20.0 Å². The number of halogens is 2. The molecule has 1 aliphatic rings. The number of ether oxygens (including phenoxy) is 4. The van der Waals surface area contributed by atoms with Crippen molar-refractivity contribution in [1.82, 2.24) is 9.97 Å². The molecule has 2 aromatic carbocycles. The molecule has 4 rings (SSSR count). The molecule has 36 heavy (non-hydrogen) atoms. The van der Waals surface area contributed by atoms with Crippen LogP contribution in [0.1, 0.15) is 18.1 Å². The average molecular weight is 501 g/mol. The normalized spacial score (nSPS) is 12.3. The molecule has 0 saturated heterocycles. The lowest BCUT2D eigenvalue weighted by molar-refractivity contribution is -0.136. The van der Waals surface area contributed by atoms with Gasteiger partial charge in [0, 0.05) is 29.8 Å². The van der Waals surface area contributed by atoms with Crippen molar-refractivity contribution in [3.05, 3.63) is 53.9 Å². The van der Waals surface area contributed by atoms with Crippen molar-refractivity contribution in [1.29, 1.82) is 0 Å². The minimum Gasteiger partial charge on any atom is -0.493 e. The molecule has 0 atom stereocenters. The number of rotatable bonds is 11. The Morgan fingerprint density at radius 2 is 1.86 bits per heavy atom. The number of nitrogens with one attached hydrogen (secondary N) is 1. The number of carboxylic acid groups (broad SMARTS) is 1. The van der Waals surface area contributed by atoms with Crippen LogP contribution in [-0.2, 0) is 17.6 Å². The van der Waals surface area contributed by atoms with Gasteiger partial charge in [-0.1, -0.05) is 12.1 Å². The molecule has 0 saturated carbocycles. The van der Waals surface area contributed by atoms with Crippen molar-refractivity contribution in [2.24, 2.45) is 0 Å². The van der Waals surface area contributed by atoms with Gasteiger partial charge in [0.25, 0.3) is 0 Å². The van der Waals surface area contributed by atoms with E-state index in [0.29, 0.717) is 61.4 Å². The summed E-state index contributed by atoms with van der Waals surface area (Å²) in [4.78, 5) is 19.5. The summed E-state index contributed by atoms with van der Waals surface area (Å²) in [6.07, 6.45) is 1.52. The van der Waals surface area contributed by atoms with Crippen LogP contribution in [0, 0.1) is 0 Å². The third kappa shape index (κ3) is 6.29. The summed E-state index contributed by atoms with van der Waals surface area (Å²) in [6.45, 7) is 0.841. The molecule has 2 N–H and O–H groups in total. The Kier molecular flexibility index (Phi) is 7.99. The smallest absolute Gasteiger partial charge is 0.387 e. The van der Waals surface area contributed by atoms with Gasteiger partial charge in [0.05, 0.1) is 18.7 Å². The molecule has 11 heteroatoms. The van der Waals surface area contributed by atoms with E-state index in [-0.39, 0.29) is 11.3 Å². The molecular formula is C25H25F2N3O6. The zero-order chi connectivity index (χ0) is 25.5. The van der Waals surface area contributed by atoms with Gasteiger partial charge in [0.15, 0.2) is 11.5 Å². The first-order valence-corrected chi connectivity index (χ1v) is 11.3. The summed E-state index contributed by atoms with van der Waals surface area (Å²) in [6, 6.07) is 9.81. The summed E-state index contributed by atoms with van der Waals surface area (Å²) < 4.78 is 47.3. The minimum absolute atomic E-state index is 0.142. The molecule has 0 amide bonds. The molecule has 1 aliphatic heterocycles. The van der Waals surface area contributed by atoms with E-state index >= 15 is 0 Å². The highest BCUT2D eigenvalue weighted by atomic mass is 19.3. The van der Waals surface area contributed by atoms with Crippen molar-refractivity contribution >= 4 is 11.8 Å². The predicted molar refractivity (Wildman–Crippen MR) is 126 cm³/mol. The molecule has 9 nitrogen and oxygen atoms in total. The number of fused-ring (bicyclic) bond motifs is 1. The summed E-state index contributed by atoms with van der Waals surface area (Å²) in [5.41, 5.74) is 2.03. The topological polar surface area (TPSA) is 112 Å². The van der Waals surface area contributed by atoms with Crippen molar-refractivity contribution in [2.75, 3.05) is 31.7 Å². The molecule has 3 aromatic rings. The molecule has 0 fully saturated rings. The summed E-state index contributed by atoms with van der Waals surface area (Å²) in [7, 11) is 0. The molecule has 0 unspecified atom stereocenters. The van der Waals surface area contributed by atoms with Gasteiger partial charge in [-0.25, -0.2) is 9.97 Å². The highest BCUT2D eigenvalue weighted by Gasteiger charge is 2.17. The van der Waals surface area contributed by atoms with E-state index in [9.17, 15) is 13.6 Å². The monoisotopic (exact) mass is 501 g/mol. The van der Waals surface area contributed by atoms with Crippen molar-refractivity contribution in [2.45, 2.75) is 26.4 Å². The maximum Gasteiger partial charge on any atom is 0.387 e. The Morgan fingerprint density at radius 1 is 1.08 bits per heavy atom. The highest BCUT2D eigenvalue weighted by Crippen LogP contribution is 2.37. The average Bonchev–Trinajstić information content (AvgIpc) is 2.85. The van der Waals surface area contributed by atoms with Crippen LogP contribution < -0.4 is 24.3 Å². The second kappa shape index (κ2) is 11.5. The van der Waals surface area contributed by atoms with Crippen molar-refractivity contribution < 1.29 is 37.6 Å². The summed E-state index contributed by atoms with van der Waals surface area (Å²) in [5, 5.41) is 12.3. The number of hydrogen-bond donors (Lipinski definition) is 2. The third-order valence-corrected chi connectivity index (χ3v) is 5.31. The lowest BCUT2D eigenvalue weighted by atomic mass is 10.1. The number of carbonyl (C=O) groups is 1. The van der Waals surface area contributed by atoms with Gasteiger partial charge in [-0.3, -0.25) is 4.79 Å². The molecule has 0 radical (unpaired) electrons. The predicted octanol–water partition coefficient (Wildman–Crippen LogP) is 4.20. The summed E-state index contributed by atoms with van der Waals surface area (Å²) >= 11 is 0. The van der Waals surface area contributed by atoms with Crippen LogP contribution in [0.2, 0.25) is 0 Å². The number of hydrogen-bond acceptors (Lipinski definition) is 8. The fourth-order valence-corrected chi connectivity index (χ4v) is 3.76. The van der Waals surface area contributed by atoms with Crippen LogP contribution in [0.15, 0.2) is 42.7 Å². The SMILES string of the molecule is CCOc1cc2c(cc1CCNc1cc(-c3ccc(CC(=O)O)c(OC(F)F)c3)ncn1)OCCO2. The largest absolute Gasteiger partial charge is 0.493 e. The standard InChI is InChI=1S/C25H25F2N3O6/c1-2-33-19-13-22-21(34-7-8-35-22)10-17(19)5-6-28-23-12-18(29-14-30-23)15-3-4-16(11-24(31)32)20(9-15)36-25(26)27/h3-4,9-10,12-14,25H,2,5-8,11H2,1H3,(H,31,32)(H,28,29,30). The van der Waals surface area contributed by atoms with Crippen LogP contribution in [0.5, 0.6) is 23.0 Å². The Labute approximate surface area is 206 Å². The van der Waals surface area contributed by atoms with E-state index in [1.54, 1.807) is 12.1 Å². The molecule has 2 heterocycles. The first-order chi connectivity index (χ1) is 17.4. The first-order valence-electron chi connectivity index (χ1n) is 11.3. The lowest BCUT2D eigenvalue weighted by Gasteiger charge is -2.21. The lowest BCUT2D eigenvalue weighted by Crippen LogP contribution is -2.16.